The summed E-state index contributed by atoms with van der Waals surface area (Å²) in [4.78, 5) is 0. The van der Waals surface area contributed by atoms with Gasteiger partial charge < -0.3 is 9.47 Å². The summed E-state index contributed by atoms with van der Waals surface area (Å²) in [6.45, 7) is 0.894. The fourth-order valence-electron chi connectivity index (χ4n) is 2.02. The van der Waals surface area contributed by atoms with Crippen molar-refractivity contribution < 1.29 is 17.9 Å². The highest BCUT2D eigenvalue weighted by Gasteiger charge is 2.23. The number of methoxy groups -OCH3 is 1. The molecule has 1 aromatic rings. The van der Waals surface area contributed by atoms with Crippen molar-refractivity contribution in [3.63, 3.8) is 0 Å². The second-order valence-electron chi connectivity index (χ2n) is 4.45. The van der Waals surface area contributed by atoms with Crippen LogP contribution in [-0.4, -0.2) is 34.9 Å². The van der Waals surface area contributed by atoms with Gasteiger partial charge in [-0.15, -0.1) is 0 Å². The van der Waals surface area contributed by atoms with E-state index in [-0.39, 0.29) is 5.92 Å². The van der Waals surface area contributed by atoms with Gasteiger partial charge in [0.15, 0.2) is 11.5 Å². The number of hydrogen-bond acceptors (Lipinski definition) is 4. The van der Waals surface area contributed by atoms with Gasteiger partial charge >= 0.3 is 0 Å². The second kappa shape index (κ2) is 5.16. The largest absolute Gasteiger partial charge is 0.493 e. The molecule has 0 aromatic heterocycles. The lowest BCUT2D eigenvalue weighted by Crippen LogP contribution is -2.34. The molecule has 1 aliphatic rings. The summed E-state index contributed by atoms with van der Waals surface area (Å²) < 4.78 is 35.5. The van der Waals surface area contributed by atoms with Crippen molar-refractivity contribution in [3.05, 3.63) is 23.8 Å². The van der Waals surface area contributed by atoms with Crippen LogP contribution in [0.3, 0.4) is 0 Å². The predicted octanol–water partition coefficient (Wildman–Crippen LogP) is 0.796. The topological polar surface area (TPSA) is 64.6 Å². The van der Waals surface area contributed by atoms with Crippen LogP contribution in [0.5, 0.6) is 11.5 Å². The summed E-state index contributed by atoms with van der Waals surface area (Å²) in [6, 6.07) is 5.74. The maximum atomic E-state index is 11.0. The standard InChI is InChI=1S/C12H17NO4S/c1-16-11-5-3-4-10-6-9(8-17-12(10)11)7-13-18(2,14)15/h3-5,9,13H,6-8H2,1-2H3/t9-/m0/s1. The fraction of sp³-hybridized carbons (Fsp3) is 0.500. The summed E-state index contributed by atoms with van der Waals surface area (Å²) in [5, 5.41) is 0. The third-order valence-corrected chi connectivity index (χ3v) is 3.58. The van der Waals surface area contributed by atoms with Crippen molar-refractivity contribution in [2.75, 3.05) is 26.5 Å². The first-order valence-electron chi connectivity index (χ1n) is 5.73. The highest BCUT2D eigenvalue weighted by molar-refractivity contribution is 7.88. The lowest BCUT2D eigenvalue weighted by molar-refractivity contribution is 0.213. The molecule has 1 heterocycles. The van der Waals surface area contributed by atoms with E-state index < -0.39 is 10.0 Å². The van der Waals surface area contributed by atoms with Crippen LogP contribution >= 0.6 is 0 Å². The molecule has 0 aliphatic carbocycles. The molecule has 1 aliphatic heterocycles. The number of sulfonamides is 1. The monoisotopic (exact) mass is 271 g/mol. The Hall–Kier alpha value is -1.27. The van der Waals surface area contributed by atoms with E-state index in [2.05, 4.69) is 4.72 Å². The average molecular weight is 271 g/mol. The third kappa shape index (κ3) is 3.14. The van der Waals surface area contributed by atoms with Gasteiger partial charge in [0.05, 0.1) is 20.0 Å². The maximum Gasteiger partial charge on any atom is 0.208 e. The highest BCUT2D eigenvalue weighted by atomic mass is 32.2. The van der Waals surface area contributed by atoms with Crippen LogP contribution < -0.4 is 14.2 Å². The number of hydrogen-bond donors (Lipinski definition) is 1. The Kier molecular flexibility index (Phi) is 3.77. The summed E-state index contributed by atoms with van der Waals surface area (Å²) >= 11 is 0. The van der Waals surface area contributed by atoms with Crippen molar-refractivity contribution in [1.29, 1.82) is 0 Å². The molecule has 0 spiro atoms. The van der Waals surface area contributed by atoms with E-state index in [4.69, 9.17) is 9.47 Å². The van der Waals surface area contributed by atoms with Gasteiger partial charge in [0.25, 0.3) is 0 Å². The number of benzene rings is 1. The maximum absolute atomic E-state index is 11.0. The van der Waals surface area contributed by atoms with Crippen LogP contribution in [0.4, 0.5) is 0 Å². The quantitative estimate of drug-likeness (QED) is 0.879. The Morgan fingerprint density at radius 2 is 2.28 bits per heavy atom. The fourth-order valence-corrected chi connectivity index (χ4v) is 2.56. The smallest absolute Gasteiger partial charge is 0.208 e. The van der Waals surface area contributed by atoms with Crippen LogP contribution in [0.2, 0.25) is 0 Å². The molecule has 0 radical (unpaired) electrons. The lowest BCUT2D eigenvalue weighted by atomic mass is 9.96. The molecule has 0 bridgehead atoms. The first-order valence-corrected chi connectivity index (χ1v) is 7.62. The molecule has 5 nitrogen and oxygen atoms in total. The van der Waals surface area contributed by atoms with E-state index in [9.17, 15) is 8.42 Å². The molecule has 0 saturated carbocycles. The molecule has 18 heavy (non-hydrogen) atoms. The van der Waals surface area contributed by atoms with Crippen molar-refractivity contribution >= 4 is 10.0 Å². The zero-order valence-electron chi connectivity index (χ0n) is 10.5. The number of fused-ring (bicyclic) bond motifs is 1. The molecular formula is C12H17NO4S. The lowest BCUT2D eigenvalue weighted by Gasteiger charge is -2.26. The number of rotatable bonds is 4. The minimum atomic E-state index is -3.14. The first kappa shape index (κ1) is 13.2. The van der Waals surface area contributed by atoms with Gasteiger partial charge in [-0.3, -0.25) is 0 Å². The second-order valence-corrected chi connectivity index (χ2v) is 6.28. The molecule has 0 unspecified atom stereocenters. The minimum Gasteiger partial charge on any atom is -0.493 e. The van der Waals surface area contributed by atoms with E-state index in [1.807, 2.05) is 18.2 Å². The first-order chi connectivity index (χ1) is 8.49. The predicted molar refractivity (Wildman–Crippen MR) is 68.5 cm³/mol. The summed E-state index contributed by atoms with van der Waals surface area (Å²) in [6.07, 6.45) is 1.95. The van der Waals surface area contributed by atoms with Crippen molar-refractivity contribution in [2.45, 2.75) is 6.42 Å². The van der Waals surface area contributed by atoms with Gasteiger partial charge in [-0.2, -0.15) is 0 Å². The Morgan fingerprint density at radius 3 is 2.94 bits per heavy atom. The van der Waals surface area contributed by atoms with Crippen LogP contribution in [0, 0.1) is 5.92 Å². The van der Waals surface area contributed by atoms with Crippen LogP contribution in [-0.2, 0) is 16.4 Å². The molecular weight excluding hydrogens is 254 g/mol. The van der Waals surface area contributed by atoms with Gasteiger partial charge in [-0.25, -0.2) is 13.1 Å². The molecule has 1 aromatic carbocycles. The van der Waals surface area contributed by atoms with Crippen molar-refractivity contribution in [3.8, 4) is 11.5 Å². The van der Waals surface area contributed by atoms with Crippen LogP contribution in [0.15, 0.2) is 18.2 Å². The van der Waals surface area contributed by atoms with E-state index in [1.54, 1.807) is 7.11 Å². The Bertz CT molecular complexity index is 527. The average Bonchev–Trinajstić information content (AvgIpc) is 2.34. The van der Waals surface area contributed by atoms with E-state index in [1.165, 1.54) is 0 Å². The Balaban J connectivity index is 2.06. The molecule has 1 atom stereocenters. The van der Waals surface area contributed by atoms with E-state index in [0.717, 1.165) is 29.7 Å². The summed E-state index contributed by atoms with van der Waals surface area (Å²) in [7, 11) is -1.54. The zero-order valence-corrected chi connectivity index (χ0v) is 11.3. The van der Waals surface area contributed by atoms with Gasteiger partial charge in [-0.1, -0.05) is 12.1 Å². The van der Waals surface area contributed by atoms with Crippen molar-refractivity contribution in [1.82, 2.24) is 4.72 Å². The van der Waals surface area contributed by atoms with E-state index in [0.29, 0.717) is 13.2 Å². The number of nitrogens with one attached hydrogen (secondary N) is 1. The van der Waals surface area contributed by atoms with Crippen LogP contribution in [0.1, 0.15) is 5.56 Å². The number of para-hydroxylation sites is 1. The third-order valence-electron chi connectivity index (χ3n) is 2.89. The molecule has 2 rings (SSSR count). The zero-order chi connectivity index (χ0) is 13.2. The molecule has 0 fully saturated rings. The summed E-state index contributed by atoms with van der Waals surface area (Å²) in [5.74, 6) is 1.65. The number of ether oxygens (including phenoxy) is 2. The van der Waals surface area contributed by atoms with Gasteiger partial charge in [-0.05, 0) is 18.1 Å². The highest BCUT2D eigenvalue weighted by Crippen LogP contribution is 2.35. The minimum absolute atomic E-state index is 0.152. The Morgan fingerprint density at radius 1 is 1.50 bits per heavy atom. The summed E-state index contributed by atoms with van der Waals surface area (Å²) in [5.41, 5.74) is 1.06. The van der Waals surface area contributed by atoms with E-state index >= 15 is 0 Å². The molecule has 0 amide bonds. The molecule has 6 heteroatoms. The molecule has 100 valence electrons. The van der Waals surface area contributed by atoms with Gasteiger partial charge in [0.2, 0.25) is 10.0 Å². The van der Waals surface area contributed by atoms with Crippen LogP contribution in [0.25, 0.3) is 0 Å². The molecule has 1 N–H and O–H groups in total. The SMILES string of the molecule is COc1cccc2c1OC[C@H](CNS(C)(=O)=O)C2. The Labute approximate surface area is 107 Å². The normalized spacial score (nSPS) is 18.9. The molecule has 0 saturated heterocycles. The van der Waals surface area contributed by atoms with Gasteiger partial charge in [0.1, 0.15) is 0 Å². The van der Waals surface area contributed by atoms with Gasteiger partial charge in [0, 0.05) is 12.5 Å². The van der Waals surface area contributed by atoms with Crippen molar-refractivity contribution in [2.24, 2.45) is 5.92 Å².